The lowest BCUT2D eigenvalue weighted by molar-refractivity contribution is 0.0697. The molecule has 0 saturated carbocycles. The molecule has 4 nitrogen and oxygen atoms in total. The Morgan fingerprint density at radius 3 is 2.50 bits per heavy atom. The van der Waals surface area contributed by atoms with Crippen molar-refractivity contribution >= 4 is 41.1 Å². The van der Waals surface area contributed by atoms with Crippen molar-refractivity contribution in [2.75, 3.05) is 0 Å². The summed E-state index contributed by atoms with van der Waals surface area (Å²) in [5, 5.41) is 9.97. The van der Waals surface area contributed by atoms with Gasteiger partial charge in [0.2, 0.25) is 0 Å². The molecule has 0 atom stereocenters. The second-order valence-corrected chi connectivity index (χ2v) is 5.78. The number of halogens is 2. The number of aromatic carboxylic acids is 1. The van der Waals surface area contributed by atoms with E-state index >= 15 is 0 Å². The van der Waals surface area contributed by atoms with Crippen LogP contribution in [0.1, 0.15) is 16.1 Å². The van der Waals surface area contributed by atoms with Gasteiger partial charge in [-0.1, -0.05) is 23.2 Å². The highest BCUT2D eigenvalue weighted by Crippen LogP contribution is 2.31. The summed E-state index contributed by atoms with van der Waals surface area (Å²) in [4.78, 5) is 15.1. The van der Waals surface area contributed by atoms with Crippen LogP contribution in [0.15, 0.2) is 64.0 Å². The normalized spacial score (nSPS) is 11.1. The Labute approximate surface area is 148 Å². The first-order chi connectivity index (χ1) is 11.5. The maximum Gasteiger partial charge on any atom is 0.335 e. The van der Waals surface area contributed by atoms with Crippen LogP contribution >= 0.6 is 23.2 Å². The zero-order chi connectivity index (χ0) is 17.1. The van der Waals surface area contributed by atoms with Crippen molar-refractivity contribution in [1.29, 1.82) is 0 Å². The molecule has 1 heterocycles. The maximum atomic E-state index is 10.8. The molecule has 0 amide bonds. The van der Waals surface area contributed by atoms with Gasteiger partial charge in [0.25, 0.3) is 0 Å². The van der Waals surface area contributed by atoms with Crippen LogP contribution in [-0.2, 0) is 0 Å². The third-order valence-electron chi connectivity index (χ3n) is 3.28. The van der Waals surface area contributed by atoms with E-state index < -0.39 is 5.97 Å². The Balaban J connectivity index is 1.80. The molecule has 0 aliphatic rings. The highest BCUT2D eigenvalue weighted by molar-refractivity contribution is 6.35. The summed E-state index contributed by atoms with van der Waals surface area (Å²) in [6, 6.07) is 14.9. The smallest absolute Gasteiger partial charge is 0.335 e. The number of benzene rings is 2. The second kappa shape index (κ2) is 6.91. The highest BCUT2D eigenvalue weighted by atomic mass is 35.5. The fourth-order valence-electron chi connectivity index (χ4n) is 2.08. The minimum absolute atomic E-state index is 0.213. The number of furan rings is 1. The summed E-state index contributed by atoms with van der Waals surface area (Å²) in [6.07, 6.45) is 1.55. The Hall–Kier alpha value is -2.56. The van der Waals surface area contributed by atoms with E-state index in [2.05, 4.69) is 4.99 Å². The monoisotopic (exact) mass is 359 g/mol. The predicted molar refractivity (Wildman–Crippen MR) is 94.8 cm³/mol. The lowest BCUT2D eigenvalue weighted by Crippen LogP contribution is -1.94. The van der Waals surface area contributed by atoms with E-state index in [1.54, 1.807) is 48.7 Å². The molecule has 0 bridgehead atoms. The number of carbonyl (C=O) groups is 1. The van der Waals surface area contributed by atoms with E-state index in [4.69, 9.17) is 32.7 Å². The molecular formula is C18H11Cl2NO3. The molecule has 0 spiro atoms. The van der Waals surface area contributed by atoms with E-state index in [1.807, 2.05) is 0 Å². The molecule has 120 valence electrons. The van der Waals surface area contributed by atoms with Gasteiger partial charge in [0.05, 0.1) is 22.5 Å². The third kappa shape index (κ3) is 3.67. The molecule has 0 fully saturated rings. The number of carboxylic acid groups (broad SMARTS) is 1. The van der Waals surface area contributed by atoms with Crippen LogP contribution in [0.3, 0.4) is 0 Å². The number of nitrogens with zero attached hydrogens (tertiary/aromatic N) is 1. The van der Waals surface area contributed by atoms with Gasteiger partial charge in [0.1, 0.15) is 11.5 Å². The Morgan fingerprint density at radius 2 is 1.79 bits per heavy atom. The fourth-order valence-corrected chi connectivity index (χ4v) is 2.46. The molecule has 2 aromatic carbocycles. The predicted octanol–water partition coefficient (Wildman–Crippen LogP) is 5.70. The lowest BCUT2D eigenvalue weighted by atomic mass is 10.2. The zero-order valence-electron chi connectivity index (χ0n) is 12.2. The van der Waals surface area contributed by atoms with Gasteiger partial charge in [-0.3, -0.25) is 4.99 Å². The maximum absolute atomic E-state index is 10.8. The van der Waals surface area contributed by atoms with Crippen molar-refractivity contribution in [3.8, 4) is 11.3 Å². The second-order valence-electron chi connectivity index (χ2n) is 4.94. The minimum atomic E-state index is -0.973. The topological polar surface area (TPSA) is 62.8 Å². The van der Waals surface area contributed by atoms with Crippen molar-refractivity contribution in [3.63, 3.8) is 0 Å². The zero-order valence-corrected chi connectivity index (χ0v) is 13.8. The molecule has 0 aliphatic heterocycles. The molecule has 3 rings (SSSR count). The van der Waals surface area contributed by atoms with Crippen molar-refractivity contribution in [1.82, 2.24) is 0 Å². The number of carboxylic acids is 1. The standard InChI is InChI=1S/C18H11Cl2NO3/c19-12-3-7-16(20)15(9-12)17-8-6-14(24-17)10-21-13-4-1-11(2-5-13)18(22)23/h1-10H,(H,22,23). The molecule has 0 radical (unpaired) electrons. The van der Waals surface area contributed by atoms with Gasteiger partial charge >= 0.3 is 5.97 Å². The molecule has 3 aromatic rings. The third-order valence-corrected chi connectivity index (χ3v) is 3.84. The van der Waals surface area contributed by atoms with E-state index in [-0.39, 0.29) is 5.56 Å². The van der Waals surface area contributed by atoms with Crippen molar-refractivity contribution in [2.45, 2.75) is 0 Å². The summed E-state index contributed by atoms with van der Waals surface area (Å²) in [5.74, 6) is 0.160. The number of rotatable bonds is 4. The first-order valence-corrected chi connectivity index (χ1v) is 7.71. The van der Waals surface area contributed by atoms with Crippen LogP contribution in [0.25, 0.3) is 11.3 Å². The molecule has 0 unspecified atom stereocenters. The largest absolute Gasteiger partial charge is 0.478 e. The SMILES string of the molecule is O=C(O)c1ccc(N=Cc2ccc(-c3cc(Cl)ccc3Cl)o2)cc1. The quantitative estimate of drug-likeness (QED) is 0.607. The first kappa shape index (κ1) is 16.3. The summed E-state index contributed by atoms with van der Waals surface area (Å²) in [6.45, 7) is 0. The van der Waals surface area contributed by atoms with E-state index in [0.717, 1.165) is 0 Å². The average molecular weight is 360 g/mol. The molecule has 0 aliphatic carbocycles. The van der Waals surface area contributed by atoms with Gasteiger partial charge in [0.15, 0.2) is 0 Å². The number of aliphatic imine (C=N–C) groups is 1. The summed E-state index contributed by atoms with van der Waals surface area (Å²) >= 11 is 12.1. The molecule has 1 N–H and O–H groups in total. The van der Waals surface area contributed by atoms with Crippen LogP contribution < -0.4 is 0 Å². The van der Waals surface area contributed by atoms with Gasteiger partial charge in [-0.15, -0.1) is 0 Å². The fraction of sp³-hybridized carbons (Fsp3) is 0. The first-order valence-electron chi connectivity index (χ1n) is 6.95. The molecule has 6 heteroatoms. The lowest BCUT2D eigenvalue weighted by Gasteiger charge is -2.01. The van der Waals surface area contributed by atoms with Gasteiger partial charge < -0.3 is 9.52 Å². The van der Waals surface area contributed by atoms with E-state index in [1.165, 1.54) is 12.1 Å². The average Bonchev–Trinajstić information content (AvgIpc) is 3.04. The van der Waals surface area contributed by atoms with Crippen LogP contribution in [0.4, 0.5) is 5.69 Å². The molecule has 0 saturated heterocycles. The Morgan fingerprint density at radius 1 is 1.04 bits per heavy atom. The van der Waals surface area contributed by atoms with Crippen LogP contribution in [0.5, 0.6) is 0 Å². The summed E-state index contributed by atoms with van der Waals surface area (Å²) in [5.41, 5.74) is 1.54. The summed E-state index contributed by atoms with van der Waals surface area (Å²) in [7, 11) is 0. The number of hydrogen-bond acceptors (Lipinski definition) is 3. The Kier molecular flexibility index (Phi) is 4.69. The van der Waals surface area contributed by atoms with Crippen molar-refractivity contribution in [2.24, 2.45) is 4.99 Å². The van der Waals surface area contributed by atoms with Gasteiger partial charge in [-0.2, -0.15) is 0 Å². The van der Waals surface area contributed by atoms with E-state index in [9.17, 15) is 4.79 Å². The van der Waals surface area contributed by atoms with Crippen molar-refractivity contribution < 1.29 is 14.3 Å². The van der Waals surface area contributed by atoms with Gasteiger partial charge in [-0.25, -0.2) is 4.79 Å². The van der Waals surface area contributed by atoms with Crippen LogP contribution in [-0.4, -0.2) is 17.3 Å². The van der Waals surface area contributed by atoms with Gasteiger partial charge in [0, 0.05) is 10.6 Å². The van der Waals surface area contributed by atoms with E-state index in [0.29, 0.717) is 32.8 Å². The molecular weight excluding hydrogens is 349 g/mol. The van der Waals surface area contributed by atoms with Crippen LogP contribution in [0, 0.1) is 0 Å². The van der Waals surface area contributed by atoms with Crippen LogP contribution in [0.2, 0.25) is 10.0 Å². The number of hydrogen-bond donors (Lipinski definition) is 1. The Bertz CT molecular complexity index is 914. The highest BCUT2D eigenvalue weighted by Gasteiger charge is 2.09. The molecule has 1 aromatic heterocycles. The van der Waals surface area contributed by atoms with Gasteiger partial charge in [-0.05, 0) is 54.6 Å². The molecule has 24 heavy (non-hydrogen) atoms. The summed E-state index contributed by atoms with van der Waals surface area (Å²) < 4.78 is 5.70. The van der Waals surface area contributed by atoms with Crippen molar-refractivity contribution in [3.05, 3.63) is 76.0 Å². The minimum Gasteiger partial charge on any atom is -0.478 e.